The molecule has 14 heavy (non-hydrogen) atoms. The van der Waals surface area contributed by atoms with Gasteiger partial charge in [0.05, 0.1) is 0 Å². The van der Waals surface area contributed by atoms with Gasteiger partial charge in [-0.25, -0.2) is 0 Å². The van der Waals surface area contributed by atoms with Crippen LogP contribution >= 0.6 is 0 Å². The van der Waals surface area contributed by atoms with Crippen molar-refractivity contribution in [2.45, 2.75) is 72.1 Å². The lowest BCUT2D eigenvalue weighted by Gasteiger charge is -2.16. The number of hydrogen-bond donors (Lipinski definition) is 0. The lowest BCUT2D eigenvalue weighted by molar-refractivity contribution is 0.377. The zero-order valence-corrected chi connectivity index (χ0v) is 10.5. The highest BCUT2D eigenvalue weighted by Gasteiger charge is 2.07. The summed E-state index contributed by atoms with van der Waals surface area (Å²) in [6.07, 6.45) is 11.0. The molecule has 85 valence electrons. The highest BCUT2D eigenvalue weighted by Crippen LogP contribution is 2.22. The SMILES string of the molecule is [CH2]C(CC)CCC(CC)CCCCC. The Hall–Kier alpha value is 0. The van der Waals surface area contributed by atoms with Crippen LogP contribution < -0.4 is 0 Å². The predicted molar refractivity (Wildman–Crippen MR) is 66.3 cm³/mol. The fourth-order valence-corrected chi connectivity index (χ4v) is 1.91. The van der Waals surface area contributed by atoms with Crippen LogP contribution in [0.25, 0.3) is 0 Å². The van der Waals surface area contributed by atoms with Crippen LogP contribution in [0.4, 0.5) is 0 Å². The summed E-state index contributed by atoms with van der Waals surface area (Å²) in [6, 6.07) is 0. The Morgan fingerprint density at radius 3 is 2.07 bits per heavy atom. The fourth-order valence-electron chi connectivity index (χ4n) is 1.91. The molecule has 1 radical (unpaired) electrons. The van der Waals surface area contributed by atoms with Crippen LogP contribution in [0.3, 0.4) is 0 Å². The van der Waals surface area contributed by atoms with Gasteiger partial charge in [-0.1, -0.05) is 79.1 Å². The Morgan fingerprint density at radius 1 is 0.857 bits per heavy atom. The van der Waals surface area contributed by atoms with Crippen molar-refractivity contribution in [3.05, 3.63) is 6.92 Å². The first-order chi connectivity index (χ1) is 6.74. The van der Waals surface area contributed by atoms with Gasteiger partial charge in [0.25, 0.3) is 0 Å². The zero-order valence-electron chi connectivity index (χ0n) is 10.5. The molecule has 0 N–H and O–H groups in total. The number of unbranched alkanes of at least 4 members (excludes halogenated alkanes) is 2. The molecule has 0 heterocycles. The average Bonchev–Trinajstić information content (AvgIpc) is 2.22. The summed E-state index contributed by atoms with van der Waals surface area (Å²) < 4.78 is 0. The Balaban J connectivity index is 3.47. The van der Waals surface area contributed by atoms with E-state index in [2.05, 4.69) is 27.7 Å². The first-order valence-electron chi connectivity index (χ1n) is 6.57. The Bertz CT molecular complexity index is 107. The van der Waals surface area contributed by atoms with Crippen LogP contribution in [0, 0.1) is 18.8 Å². The van der Waals surface area contributed by atoms with Gasteiger partial charge in [-0.15, -0.1) is 0 Å². The summed E-state index contributed by atoms with van der Waals surface area (Å²) in [7, 11) is 0. The maximum Gasteiger partial charge on any atom is -0.0417 e. The van der Waals surface area contributed by atoms with Crippen LogP contribution in [0.2, 0.25) is 0 Å². The second-order valence-electron chi connectivity index (χ2n) is 4.62. The molecule has 0 aliphatic rings. The Kier molecular flexibility index (Phi) is 9.55. The molecule has 0 spiro atoms. The molecule has 0 saturated heterocycles. The molecule has 0 amide bonds. The van der Waals surface area contributed by atoms with Crippen molar-refractivity contribution in [3.8, 4) is 0 Å². The number of hydrogen-bond acceptors (Lipinski definition) is 0. The van der Waals surface area contributed by atoms with Gasteiger partial charge in [0.1, 0.15) is 0 Å². The second kappa shape index (κ2) is 9.55. The summed E-state index contributed by atoms with van der Waals surface area (Å²) in [5, 5.41) is 0. The average molecular weight is 197 g/mol. The molecule has 0 fully saturated rings. The summed E-state index contributed by atoms with van der Waals surface area (Å²) in [5.74, 6) is 1.66. The third kappa shape index (κ3) is 7.41. The molecule has 0 aromatic carbocycles. The van der Waals surface area contributed by atoms with Gasteiger partial charge in [0, 0.05) is 0 Å². The maximum absolute atomic E-state index is 4.16. The minimum atomic E-state index is 0.690. The molecule has 0 heteroatoms. The van der Waals surface area contributed by atoms with Gasteiger partial charge < -0.3 is 0 Å². The van der Waals surface area contributed by atoms with Crippen molar-refractivity contribution in [1.29, 1.82) is 0 Å². The van der Waals surface area contributed by atoms with Gasteiger partial charge in [0.15, 0.2) is 0 Å². The van der Waals surface area contributed by atoms with E-state index in [4.69, 9.17) is 0 Å². The van der Waals surface area contributed by atoms with Gasteiger partial charge in [-0.05, 0) is 11.8 Å². The van der Waals surface area contributed by atoms with Crippen molar-refractivity contribution in [2.24, 2.45) is 11.8 Å². The van der Waals surface area contributed by atoms with E-state index in [1.807, 2.05) is 0 Å². The van der Waals surface area contributed by atoms with Gasteiger partial charge in [-0.2, -0.15) is 0 Å². The van der Waals surface area contributed by atoms with E-state index in [1.54, 1.807) is 0 Å². The van der Waals surface area contributed by atoms with Crippen molar-refractivity contribution >= 4 is 0 Å². The molecule has 0 rings (SSSR count). The minimum Gasteiger partial charge on any atom is -0.0654 e. The lowest BCUT2D eigenvalue weighted by atomic mass is 9.90. The van der Waals surface area contributed by atoms with Crippen LogP contribution in [-0.2, 0) is 0 Å². The highest BCUT2D eigenvalue weighted by molar-refractivity contribution is 4.64. The molecule has 0 aliphatic heterocycles. The van der Waals surface area contributed by atoms with E-state index in [-0.39, 0.29) is 0 Å². The molecule has 0 bridgehead atoms. The monoisotopic (exact) mass is 197 g/mol. The summed E-state index contributed by atoms with van der Waals surface area (Å²) in [5.41, 5.74) is 0. The van der Waals surface area contributed by atoms with Crippen LogP contribution in [-0.4, -0.2) is 0 Å². The highest BCUT2D eigenvalue weighted by atomic mass is 14.1. The number of rotatable bonds is 9. The maximum atomic E-state index is 4.16. The van der Waals surface area contributed by atoms with E-state index in [0.29, 0.717) is 5.92 Å². The molecule has 0 aromatic rings. The quantitative estimate of drug-likeness (QED) is 0.444. The first kappa shape index (κ1) is 14.0. The zero-order chi connectivity index (χ0) is 10.8. The summed E-state index contributed by atoms with van der Waals surface area (Å²) >= 11 is 0. The topological polar surface area (TPSA) is 0 Å². The standard InChI is InChI=1S/C14H29/c1-5-8-9-10-14(7-3)12-11-13(4)6-2/h13-14H,4-12H2,1-3H3. The predicted octanol–water partition coefficient (Wildman–Crippen LogP) is 5.23. The normalized spacial score (nSPS) is 15.4. The summed E-state index contributed by atoms with van der Waals surface area (Å²) in [4.78, 5) is 0. The largest absolute Gasteiger partial charge is 0.0654 e. The molecular formula is C14H29. The van der Waals surface area contributed by atoms with E-state index >= 15 is 0 Å². The van der Waals surface area contributed by atoms with Crippen molar-refractivity contribution < 1.29 is 0 Å². The molecule has 0 aromatic heterocycles. The molecule has 0 aliphatic carbocycles. The van der Waals surface area contributed by atoms with E-state index < -0.39 is 0 Å². The summed E-state index contributed by atoms with van der Waals surface area (Å²) in [6.45, 7) is 11.0. The minimum absolute atomic E-state index is 0.690. The van der Waals surface area contributed by atoms with Crippen LogP contribution in [0.1, 0.15) is 72.1 Å². The van der Waals surface area contributed by atoms with E-state index in [0.717, 1.165) is 5.92 Å². The first-order valence-corrected chi connectivity index (χ1v) is 6.57. The molecule has 2 atom stereocenters. The van der Waals surface area contributed by atoms with Crippen molar-refractivity contribution in [1.82, 2.24) is 0 Å². The van der Waals surface area contributed by atoms with Crippen molar-refractivity contribution in [3.63, 3.8) is 0 Å². The third-order valence-electron chi connectivity index (χ3n) is 3.35. The third-order valence-corrected chi connectivity index (χ3v) is 3.35. The van der Waals surface area contributed by atoms with E-state index in [9.17, 15) is 0 Å². The Labute approximate surface area is 91.5 Å². The van der Waals surface area contributed by atoms with Crippen molar-refractivity contribution in [2.75, 3.05) is 0 Å². The fraction of sp³-hybridized carbons (Fsp3) is 0.929. The molecule has 0 nitrogen and oxygen atoms in total. The smallest absolute Gasteiger partial charge is 0.0417 e. The molecule has 0 saturated carbocycles. The Morgan fingerprint density at radius 2 is 1.57 bits per heavy atom. The second-order valence-corrected chi connectivity index (χ2v) is 4.62. The molecule has 2 unspecified atom stereocenters. The van der Waals surface area contributed by atoms with Gasteiger partial charge in [0.2, 0.25) is 0 Å². The van der Waals surface area contributed by atoms with Crippen LogP contribution in [0.15, 0.2) is 0 Å². The van der Waals surface area contributed by atoms with Crippen LogP contribution in [0.5, 0.6) is 0 Å². The van der Waals surface area contributed by atoms with E-state index in [1.165, 1.54) is 51.4 Å². The molecular weight excluding hydrogens is 168 g/mol. The van der Waals surface area contributed by atoms with Gasteiger partial charge >= 0.3 is 0 Å². The lowest BCUT2D eigenvalue weighted by Crippen LogP contribution is -2.02. The van der Waals surface area contributed by atoms with Gasteiger partial charge in [-0.3, -0.25) is 0 Å².